The summed E-state index contributed by atoms with van der Waals surface area (Å²) in [5.41, 5.74) is 11.8. The van der Waals surface area contributed by atoms with Crippen LogP contribution in [-0.2, 0) is 42.5 Å². The first kappa shape index (κ1) is 45.4. The van der Waals surface area contributed by atoms with E-state index in [1.165, 1.54) is 101 Å². The summed E-state index contributed by atoms with van der Waals surface area (Å²) in [5, 5.41) is 4.24. The quantitative estimate of drug-likeness (QED) is 0.129. The van der Waals surface area contributed by atoms with Crippen LogP contribution in [0.5, 0.6) is 0 Å². The van der Waals surface area contributed by atoms with Gasteiger partial charge in [0.05, 0.1) is 0 Å². The minimum absolute atomic E-state index is 0. The number of rotatable bonds is 9. The summed E-state index contributed by atoms with van der Waals surface area (Å²) in [6.07, 6.45) is 24.3. The molecule has 1 unspecified atom stereocenters. The van der Waals surface area contributed by atoms with Crippen LogP contribution in [-0.4, -0.2) is 3.21 Å². The molecule has 0 spiro atoms. The van der Waals surface area contributed by atoms with Gasteiger partial charge in [-0.2, -0.15) is 23.8 Å². The fraction of sp³-hybridized carbons (Fsp3) is 0.196. The van der Waals surface area contributed by atoms with Crippen LogP contribution in [0.3, 0.4) is 0 Å². The molecule has 284 valence electrons. The Labute approximate surface area is 371 Å². The molecule has 5 aromatic rings. The Morgan fingerprint density at radius 2 is 1.34 bits per heavy atom. The molecule has 5 heteroatoms. The monoisotopic (exact) mass is 890 g/mol. The molecule has 0 radical (unpaired) electrons. The largest absolute Gasteiger partial charge is 0.273 e. The number of fused-ring (bicyclic) bond motifs is 2. The van der Waals surface area contributed by atoms with Crippen molar-refractivity contribution in [3.63, 3.8) is 0 Å². The molecule has 3 aliphatic rings. The molecule has 5 aromatic carbocycles. The summed E-state index contributed by atoms with van der Waals surface area (Å²) in [5.74, 6) is 0. The van der Waals surface area contributed by atoms with E-state index in [2.05, 4.69) is 148 Å². The van der Waals surface area contributed by atoms with Crippen LogP contribution in [0.2, 0.25) is 10.0 Å². The van der Waals surface area contributed by atoms with Gasteiger partial charge in [-0.25, -0.2) is 12.2 Å². The average molecular weight is 894 g/mol. The van der Waals surface area contributed by atoms with Crippen LogP contribution in [0.15, 0.2) is 157 Å². The molecule has 8 rings (SSSR count). The normalized spacial score (nSPS) is 15.6. The second-order valence-corrected chi connectivity index (χ2v) is 16.7. The van der Waals surface area contributed by atoms with Crippen molar-refractivity contribution >= 4 is 62.9 Å². The number of hydrogen-bond donors (Lipinski definition) is 0. The van der Waals surface area contributed by atoms with Crippen molar-refractivity contribution in [2.45, 2.75) is 64.7 Å². The number of halogens is 4. The van der Waals surface area contributed by atoms with Crippen LogP contribution in [0.25, 0.3) is 22.8 Å². The Hall–Kier alpha value is -3.29. The number of unbranched alkanes of at least 4 members (excludes halogenated alkanes) is 1. The fourth-order valence-electron chi connectivity index (χ4n) is 7.28. The predicted octanol–water partition coefficient (Wildman–Crippen LogP) is 13.1. The summed E-state index contributed by atoms with van der Waals surface area (Å²) >= 11 is 13.2. The minimum Gasteiger partial charge on any atom is -0.273 e. The molecular weight excluding hydrogens is 846 g/mol. The molecule has 56 heavy (non-hydrogen) atoms. The van der Waals surface area contributed by atoms with Gasteiger partial charge in [0.25, 0.3) is 0 Å². The Bertz CT molecular complexity index is 2260. The fourth-order valence-corrected chi connectivity index (χ4v) is 8.54. The molecule has 0 saturated heterocycles. The van der Waals surface area contributed by atoms with E-state index < -0.39 is 0 Å². The molecule has 3 aliphatic carbocycles. The Balaban J connectivity index is 0.000000236. The van der Waals surface area contributed by atoms with E-state index in [9.17, 15) is 0 Å². The number of benzene rings is 5. The number of hydrogen-bond acceptors (Lipinski definition) is 0. The summed E-state index contributed by atoms with van der Waals surface area (Å²) in [7, 11) is 0. The van der Waals surface area contributed by atoms with Crippen molar-refractivity contribution in [2.24, 2.45) is 0 Å². The Kier molecular flexibility index (Phi) is 17.9. The molecule has 0 N–H and O–H groups in total. The van der Waals surface area contributed by atoms with Gasteiger partial charge < -0.3 is 0 Å². The zero-order chi connectivity index (χ0) is 37.9. The van der Waals surface area contributed by atoms with E-state index in [0.717, 1.165) is 35.7 Å². The van der Waals surface area contributed by atoms with E-state index in [4.69, 9.17) is 23.2 Å². The molecule has 0 bridgehead atoms. The van der Waals surface area contributed by atoms with Crippen LogP contribution in [0.4, 0.5) is 0 Å². The maximum Gasteiger partial charge on any atom is -0.109 e. The van der Waals surface area contributed by atoms with Crippen LogP contribution >= 0.6 is 48.0 Å². The van der Waals surface area contributed by atoms with Crippen molar-refractivity contribution in [2.75, 3.05) is 0 Å². The van der Waals surface area contributed by atoms with Gasteiger partial charge in [-0.15, -0.1) is 42.9 Å². The van der Waals surface area contributed by atoms with Gasteiger partial charge in [0, 0.05) is 0 Å². The van der Waals surface area contributed by atoms with E-state index in [-0.39, 0.29) is 30.2 Å². The van der Waals surface area contributed by atoms with E-state index >= 15 is 0 Å². The first-order valence-electron chi connectivity index (χ1n) is 18.8. The van der Waals surface area contributed by atoms with Crippen molar-refractivity contribution in [3.05, 3.63) is 212 Å². The topological polar surface area (TPSA) is 0 Å². The van der Waals surface area contributed by atoms with Gasteiger partial charge in [-0.1, -0.05) is 109 Å². The average Bonchev–Trinajstić information content (AvgIpc) is 3.89. The van der Waals surface area contributed by atoms with Gasteiger partial charge in [0.1, 0.15) is 0 Å². The van der Waals surface area contributed by atoms with Crippen molar-refractivity contribution in [3.8, 4) is 11.1 Å². The molecule has 0 fully saturated rings. The van der Waals surface area contributed by atoms with Gasteiger partial charge in [0.2, 0.25) is 0 Å². The molecular formula is C51H48Cl4Zr. The molecule has 0 nitrogen and oxygen atoms in total. The molecule has 0 saturated carbocycles. The molecule has 1 atom stereocenters. The second-order valence-electron chi connectivity index (χ2n) is 14.1. The zero-order valence-electron chi connectivity index (χ0n) is 32.2. The smallest absolute Gasteiger partial charge is 0.109 e. The maximum atomic E-state index is 5.88. The third kappa shape index (κ3) is 11.7. The summed E-state index contributed by atoms with van der Waals surface area (Å²) in [4.78, 5) is 0. The van der Waals surface area contributed by atoms with Gasteiger partial charge in [0.15, 0.2) is 0 Å². The van der Waals surface area contributed by atoms with E-state index in [0.29, 0.717) is 0 Å². The zero-order valence-corrected chi connectivity index (χ0v) is 37.9. The minimum atomic E-state index is -0.133. The summed E-state index contributed by atoms with van der Waals surface area (Å²) in [6.45, 7) is 6.79. The molecule has 0 aromatic heterocycles. The Morgan fingerprint density at radius 3 is 1.86 bits per heavy atom. The van der Waals surface area contributed by atoms with Crippen LogP contribution < -0.4 is 10.4 Å². The predicted molar refractivity (Wildman–Crippen MR) is 243 cm³/mol. The van der Waals surface area contributed by atoms with Gasteiger partial charge in [-0.05, 0) is 47.9 Å². The molecule has 0 heterocycles. The van der Waals surface area contributed by atoms with Crippen molar-refractivity contribution in [1.82, 2.24) is 0 Å². The summed E-state index contributed by atoms with van der Waals surface area (Å²) in [6, 6.07) is 42.5. The third-order valence-corrected chi connectivity index (χ3v) is 11.5. The SMILES string of the molecule is CCCCC1(c2ccccc2)[C-]=C2C=c3cc(-c4ccccc4)c(C)cc3=C2C=C1C.Cl.Cl.Clc1ccc(C[C](=[Zr+2])Cc2ccc(Cl)cc2)cc1.[C-]1=CC=CC1. The first-order chi connectivity index (χ1) is 26.3. The van der Waals surface area contributed by atoms with Gasteiger partial charge in [-0.3, -0.25) is 6.08 Å². The van der Waals surface area contributed by atoms with Crippen LogP contribution in [0, 0.1) is 19.1 Å². The number of aryl methyl sites for hydroxylation is 1. The van der Waals surface area contributed by atoms with E-state index in [1.807, 2.05) is 36.4 Å². The maximum absolute atomic E-state index is 5.88. The van der Waals surface area contributed by atoms with E-state index in [1.54, 1.807) is 0 Å². The number of allylic oxidation sites excluding steroid dienone is 8. The summed E-state index contributed by atoms with van der Waals surface area (Å²) < 4.78 is 1.52. The first-order valence-corrected chi connectivity index (χ1v) is 20.8. The van der Waals surface area contributed by atoms with Crippen LogP contribution in [0.1, 0.15) is 61.8 Å². The molecule has 0 amide bonds. The molecule has 0 aliphatic heterocycles. The second kappa shape index (κ2) is 22.0. The standard InChI is InChI=1S/C31H29.C15H12Cl2.C5H5.2ClH.Zr/c1-4-5-16-31(27-14-10-7-11-15-27)21-26-19-25-20-28(24-12-8-6-9-13-24)22(2)17-29(25)30(26)18-23(31)3;16-14-8-4-12(5-9-14)2-1-3-13-6-10-15(17)11-7-13;1-2-4-5-3-1;;;/h6-15,17-20H,4-5,16H2,1-3H3;4-11H,2-3H2;1-3H,4H2;2*1H;/q-1;;-1;;;+2. The van der Waals surface area contributed by atoms with Crippen molar-refractivity contribution in [1.29, 1.82) is 0 Å². The van der Waals surface area contributed by atoms with Crippen molar-refractivity contribution < 1.29 is 24.2 Å². The van der Waals surface area contributed by atoms with Gasteiger partial charge >= 0.3 is 133 Å². The Morgan fingerprint density at radius 1 is 0.750 bits per heavy atom. The third-order valence-electron chi connectivity index (χ3n) is 10.2.